The number of hydrogen-bond acceptors (Lipinski definition) is 3. The first kappa shape index (κ1) is 7.86. The van der Waals surface area contributed by atoms with Gasteiger partial charge in [0.15, 0.2) is 0 Å². The molecule has 1 N–H and O–H groups in total. The van der Waals surface area contributed by atoms with E-state index in [0.717, 1.165) is 35.0 Å². The quantitative estimate of drug-likeness (QED) is 0.707. The summed E-state index contributed by atoms with van der Waals surface area (Å²) in [6.07, 6.45) is 0.799. The second kappa shape index (κ2) is 2.94. The average Bonchev–Trinajstić information content (AvgIpc) is 2.52. The van der Waals surface area contributed by atoms with Crippen molar-refractivity contribution in [3.63, 3.8) is 0 Å². The SMILES string of the molecule is CCc1nc2c(c(=O)[nH]1)CSC2. The number of aryl methyl sites for hydroxylation is 1. The summed E-state index contributed by atoms with van der Waals surface area (Å²) in [7, 11) is 0. The van der Waals surface area contributed by atoms with Gasteiger partial charge in [0.1, 0.15) is 5.82 Å². The zero-order chi connectivity index (χ0) is 8.55. The largest absolute Gasteiger partial charge is 0.310 e. The van der Waals surface area contributed by atoms with Crippen molar-refractivity contribution >= 4 is 11.8 Å². The molecule has 0 aliphatic carbocycles. The van der Waals surface area contributed by atoms with Gasteiger partial charge in [-0.1, -0.05) is 6.92 Å². The highest BCUT2D eigenvalue weighted by Crippen LogP contribution is 2.24. The van der Waals surface area contributed by atoms with Crippen LogP contribution < -0.4 is 5.56 Å². The minimum absolute atomic E-state index is 0.0573. The maximum absolute atomic E-state index is 11.4. The maximum atomic E-state index is 11.4. The Morgan fingerprint density at radius 3 is 3.17 bits per heavy atom. The molecule has 0 aromatic carbocycles. The minimum atomic E-state index is 0.0573. The Morgan fingerprint density at radius 1 is 1.58 bits per heavy atom. The third-order valence-corrected chi connectivity index (χ3v) is 2.94. The lowest BCUT2D eigenvalue weighted by atomic mass is 10.2. The van der Waals surface area contributed by atoms with Gasteiger partial charge >= 0.3 is 0 Å². The summed E-state index contributed by atoms with van der Waals surface area (Å²) in [6.45, 7) is 1.99. The van der Waals surface area contributed by atoms with Crippen molar-refractivity contribution in [2.24, 2.45) is 0 Å². The number of fused-ring (bicyclic) bond motifs is 1. The van der Waals surface area contributed by atoms with Gasteiger partial charge in [0, 0.05) is 23.5 Å². The second-order valence-corrected chi connectivity index (χ2v) is 3.77. The lowest BCUT2D eigenvalue weighted by Crippen LogP contribution is -2.16. The van der Waals surface area contributed by atoms with Crippen molar-refractivity contribution in [2.75, 3.05) is 0 Å². The van der Waals surface area contributed by atoms with E-state index in [1.165, 1.54) is 0 Å². The number of rotatable bonds is 1. The minimum Gasteiger partial charge on any atom is -0.310 e. The number of nitrogens with zero attached hydrogens (tertiary/aromatic N) is 1. The monoisotopic (exact) mass is 182 g/mol. The molecule has 1 aromatic rings. The Labute approximate surface area is 74.6 Å². The fraction of sp³-hybridized carbons (Fsp3) is 0.500. The van der Waals surface area contributed by atoms with Crippen LogP contribution in [-0.2, 0) is 17.9 Å². The molecule has 1 aliphatic heterocycles. The zero-order valence-corrected chi connectivity index (χ0v) is 7.70. The van der Waals surface area contributed by atoms with E-state index in [1.54, 1.807) is 11.8 Å². The van der Waals surface area contributed by atoms with Crippen LogP contribution in [0.15, 0.2) is 4.79 Å². The number of aromatic nitrogens is 2. The van der Waals surface area contributed by atoms with Gasteiger partial charge in [-0.15, -0.1) is 0 Å². The third-order valence-electron chi connectivity index (χ3n) is 1.97. The molecule has 0 saturated carbocycles. The Balaban J connectivity index is 2.59. The summed E-state index contributed by atoms with van der Waals surface area (Å²) in [4.78, 5) is 18.5. The van der Waals surface area contributed by atoms with Crippen LogP contribution in [0, 0.1) is 0 Å². The zero-order valence-electron chi connectivity index (χ0n) is 6.89. The summed E-state index contributed by atoms with van der Waals surface area (Å²) < 4.78 is 0. The predicted molar refractivity (Wildman–Crippen MR) is 49.2 cm³/mol. The van der Waals surface area contributed by atoms with Crippen molar-refractivity contribution in [1.82, 2.24) is 9.97 Å². The molecule has 12 heavy (non-hydrogen) atoms. The van der Waals surface area contributed by atoms with Gasteiger partial charge in [0.25, 0.3) is 5.56 Å². The second-order valence-electron chi connectivity index (χ2n) is 2.78. The smallest absolute Gasteiger partial charge is 0.255 e. The number of thioether (sulfide) groups is 1. The van der Waals surface area contributed by atoms with E-state index in [1.807, 2.05) is 6.92 Å². The fourth-order valence-corrected chi connectivity index (χ4v) is 2.32. The fourth-order valence-electron chi connectivity index (χ4n) is 1.28. The molecule has 1 aromatic heterocycles. The number of H-pyrrole nitrogens is 1. The van der Waals surface area contributed by atoms with Crippen LogP contribution in [-0.4, -0.2) is 9.97 Å². The molecular weight excluding hydrogens is 172 g/mol. The Hall–Kier alpha value is -0.770. The van der Waals surface area contributed by atoms with E-state index in [9.17, 15) is 4.79 Å². The van der Waals surface area contributed by atoms with E-state index < -0.39 is 0 Å². The van der Waals surface area contributed by atoms with Gasteiger partial charge in [0.05, 0.1) is 5.69 Å². The van der Waals surface area contributed by atoms with E-state index >= 15 is 0 Å². The third kappa shape index (κ3) is 1.16. The first-order valence-electron chi connectivity index (χ1n) is 4.00. The first-order chi connectivity index (χ1) is 5.81. The molecule has 2 rings (SSSR count). The normalized spacial score (nSPS) is 14.8. The highest BCUT2D eigenvalue weighted by molar-refractivity contribution is 7.98. The van der Waals surface area contributed by atoms with Crippen molar-refractivity contribution in [2.45, 2.75) is 24.9 Å². The predicted octanol–water partition coefficient (Wildman–Crippen LogP) is 1.08. The molecule has 2 heterocycles. The number of nitrogens with one attached hydrogen (secondary N) is 1. The highest BCUT2D eigenvalue weighted by Gasteiger charge is 2.16. The number of hydrogen-bond donors (Lipinski definition) is 1. The van der Waals surface area contributed by atoms with Crippen molar-refractivity contribution in [3.05, 3.63) is 27.4 Å². The molecule has 0 saturated heterocycles. The van der Waals surface area contributed by atoms with Gasteiger partial charge in [-0.2, -0.15) is 11.8 Å². The van der Waals surface area contributed by atoms with E-state index in [-0.39, 0.29) is 5.56 Å². The van der Waals surface area contributed by atoms with E-state index in [4.69, 9.17) is 0 Å². The van der Waals surface area contributed by atoms with Gasteiger partial charge in [0.2, 0.25) is 0 Å². The van der Waals surface area contributed by atoms with Crippen molar-refractivity contribution in [3.8, 4) is 0 Å². The Bertz CT molecular complexity index is 359. The van der Waals surface area contributed by atoms with Crippen LogP contribution in [0.25, 0.3) is 0 Å². The van der Waals surface area contributed by atoms with Crippen LogP contribution in [0.1, 0.15) is 24.0 Å². The topological polar surface area (TPSA) is 45.8 Å². The first-order valence-corrected chi connectivity index (χ1v) is 5.15. The lowest BCUT2D eigenvalue weighted by molar-refractivity contribution is 0.884. The molecule has 0 spiro atoms. The molecule has 3 nitrogen and oxygen atoms in total. The van der Waals surface area contributed by atoms with Gasteiger partial charge in [-0.3, -0.25) is 4.79 Å². The van der Waals surface area contributed by atoms with E-state index in [2.05, 4.69) is 9.97 Å². The van der Waals surface area contributed by atoms with Gasteiger partial charge < -0.3 is 4.98 Å². The summed E-state index contributed by atoms with van der Waals surface area (Å²) in [6, 6.07) is 0. The molecule has 1 aliphatic rings. The summed E-state index contributed by atoms with van der Waals surface area (Å²) in [5.41, 5.74) is 1.92. The molecule has 0 bridgehead atoms. The summed E-state index contributed by atoms with van der Waals surface area (Å²) in [5, 5.41) is 0. The molecule has 0 atom stereocenters. The molecular formula is C8H10N2OS. The van der Waals surface area contributed by atoms with Crippen molar-refractivity contribution in [1.29, 1.82) is 0 Å². The van der Waals surface area contributed by atoms with Gasteiger partial charge in [-0.05, 0) is 0 Å². The average molecular weight is 182 g/mol. The lowest BCUT2D eigenvalue weighted by Gasteiger charge is -1.99. The van der Waals surface area contributed by atoms with E-state index in [0.29, 0.717) is 0 Å². The summed E-state index contributed by atoms with van der Waals surface area (Å²) in [5.74, 6) is 2.52. The molecule has 0 fully saturated rings. The van der Waals surface area contributed by atoms with Crippen LogP contribution >= 0.6 is 11.8 Å². The van der Waals surface area contributed by atoms with Crippen LogP contribution in [0.5, 0.6) is 0 Å². The Morgan fingerprint density at radius 2 is 2.42 bits per heavy atom. The van der Waals surface area contributed by atoms with Crippen LogP contribution in [0.3, 0.4) is 0 Å². The van der Waals surface area contributed by atoms with Crippen LogP contribution in [0.4, 0.5) is 0 Å². The summed E-state index contributed by atoms with van der Waals surface area (Å²) >= 11 is 1.75. The molecule has 0 unspecified atom stereocenters. The molecule has 0 amide bonds. The standard InChI is InChI=1S/C8H10N2OS/c1-2-7-9-6-4-12-3-5(6)8(11)10-7/h2-4H2,1H3,(H,9,10,11). The maximum Gasteiger partial charge on any atom is 0.255 e. The molecule has 4 heteroatoms. The van der Waals surface area contributed by atoms with Gasteiger partial charge in [-0.25, -0.2) is 4.98 Å². The van der Waals surface area contributed by atoms with Crippen LogP contribution in [0.2, 0.25) is 0 Å². The molecule has 0 radical (unpaired) electrons. The Kier molecular flexibility index (Phi) is 1.92. The molecule has 64 valence electrons. The van der Waals surface area contributed by atoms with Crippen molar-refractivity contribution < 1.29 is 0 Å². The highest BCUT2D eigenvalue weighted by atomic mass is 32.2. The number of aromatic amines is 1.